The molecule has 1 aliphatic carbocycles. The van der Waals surface area contributed by atoms with E-state index in [2.05, 4.69) is 33.2 Å². The molecule has 0 bridgehead atoms. The number of thiophene rings is 1. The molecule has 0 saturated heterocycles. The normalized spacial score (nSPS) is 16.6. The Morgan fingerprint density at radius 1 is 1.24 bits per heavy atom. The minimum absolute atomic E-state index is 0.0372. The monoisotopic (exact) mass is 524 g/mol. The smallest absolute Gasteiger partial charge is 0.261 e. The molecule has 1 fully saturated rings. The van der Waals surface area contributed by atoms with Gasteiger partial charge in [0.1, 0.15) is 0 Å². The molecule has 2 amide bonds. The maximum Gasteiger partial charge on any atom is 0.261 e. The number of carbonyl (C=O) groups is 3. The van der Waals surface area contributed by atoms with E-state index in [4.69, 9.17) is 0 Å². The van der Waals surface area contributed by atoms with Gasteiger partial charge >= 0.3 is 0 Å². The Bertz CT molecular complexity index is 920. The number of hydrogen-bond acceptors (Lipinski definition) is 4. The summed E-state index contributed by atoms with van der Waals surface area (Å²) in [7, 11) is 0. The van der Waals surface area contributed by atoms with E-state index in [9.17, 15) is 14.4 Å². The highest BCUT2D eigenvalue weighted by atomic mass is 127. The summed E-state index contributed by atoms with van der Waals surface area (Å²) >= 11 is 3.50. The molecule has 0 radical (unpaired) electrons. The van der Waals surface area contributed by atoms with E-state index in [1.807, 2.05) is 38.1 Å². The lowest BCUT2D eigenvalue weighted by molar-refractivity contribution is -0.124. The predicted octanol–water partition coefficient (Wildman–Crippen LogP) is 4.37. The second-order valence-electron chi connectivity index (χ2n) is 7.89. The van der Waals surface area contributed by atoms with Gasteiger partial charge in [-0.3, -0.25) is 14.4 Å². The van der Waals surface area contributed by atoms with Crippen molar-refractivity contribution < 1.29 is 14.4 Å². The van der Waals surface area contributed by atoms with Gasteiger partial charge in [0.15, 0.2) is 5.78 Å². The van der Waals surface area contributed by atoms with Crippen molar-refractivity contribution in [3.8, 4) is 0 Å². The number of benzene rings is 1. The van der Waals surface area contributed by atoms with Crippen LogP contribution in [0, 0.1) is 9.49 Å². The highest BCUT2D eigenvalue weighted by Gasteiger charge is 2.43. The van der Waals surface area contributed by atoms with Crippen molar-refractivity contribution in [2.24, 2.45) is 5.92 Å². The zero-order valence-corrected chi connectivity index (χ0v) is 19.7. The van der Waals surface area contributed by atoms with Crippen LogP contribution >= 0.6 is 33.9 Å². The van der Waals surface area contributed by atoms with Crippen molar-refractivity contribution >= 4 is 51.5 Å². The van der Waals surface area contributed by atoms with Crippen molar-refractivity contribution in [2.75, 3.05) is 6.54 Å². The Labute approximate surface area is 188 Å². The fraction of sp³-hybridized carbons (Fsp3) is 0.409. The van der Waals surface area contributed by atoms with Crippen LogP contribution in [-0.4, -0.2) is 29.7 Å². The zero-order valence-electron chi connectivity index (χ0n) is 16.8. The number of nitrogens with one attached hydrogen (secondary N) is 2. The lowest BCUT2D eigenvalue weighted by Crippen LogP contribution is -2.56. The molecule has 5 nitrogen and oxygen atoms in total. The van der Waals surface area contributed by atoms with Crippen molar-refractivity contribution in [1.29, 1.82) is 0 Å². The van der Waals surface area contributed by atoms with E-state index in [1.54, 1.807) is 11.4 Å². The van der Waals surface area contributed by atoms with E-state index >= 15 is 0 Å². The Morgan fingerprint density at radius 2 is 1.90 bits per heavy atom. The topological polar surface area (TPSA) is 75.3 Å². The van der Waals surface area contributed by atoms with Gasteiger partial charge in [-0.15, -0.1) is 11.3 Å². The Hall–Kier alpha value is -1.74. The first kappa shape index (κ1) is 22.0. The third-order valence-electron chi connectivity index (χ3n) is 5.50. The molecule has 1 saturated carbocycles. The molecule has 1 heterocycles. The SMILES string of the molecule is CC(=O)c1csc(C(=O)NCC(C)(NC(=O)C(C)c2ccc(I)cc2)C2CC2)c1. The van der Waals surface area contributed by atoms with Crippen LogP contribution in [0.25, 0.3) is 0 Å². The lowest BCUT2D eigenvalue weighted by Gasteiger charge is -2.32. The number of ketones is 1. The molecule has 1 aromatic carbocycles. The van der Waals surface area contributed by atoms with Gasteiger partial charge in [0, 0.05) is 21.1 Å². The maximum atomic E-state index is 12.9. The maximum absolute atomic E-state index is 12.9. The average molecular weight is 524 g/mol. The third kappa shape index (κ3) is 5.45. The zero-order chi connectivity index (χ0) is 21.2. The van der Waals surface area contributed by atoms with Crippen LogP contribution in [0.15, 0.2) is 35.7 Å². The molecule has 2 unspecified atom stereocenters. The number of carbonyl (C=O) groups excluding carboxylic acids is 3. The van der Waals surface area contributed by atoms with Gasteiger partial charge < -0.3 is 10.6 Å². The number of amides is 2. The van der Waals surface area contributed by atoms with E-state index in [1.165, 1.54) is 18.3 Å². The van der Waals surface area contributed by atoms with Crippen LogP contribution in [0.4, 0.5) is 0 Å². The average Bonchev–Trinajstić information content (AvgIpc) is 3.43. The second-order valence-corrected chi connectivity index (χ2v) is 10.0. The molecule has 0 aliphatic heterocycles. The Balaban J connectivity index is 1.64. The molecule has 154 valence electrons. The molecule has 2 N–H and O–H groups in total. The van der Waals surface area contributed by atoms with Gasteiger partial charge in [-0.25, -0.2) is 0 Å². The number of rotatable bonds is 8. The Kier molecular flexibility index (Phi) is 6.78. The molecule has 1 aromatic heterocycles. The lowest BCUT2D eigenvalue weighted by atomic mass is 9.92. The van der Waals surface area contributed by atoms with Crippen LogP contribution in [-0.2, 0) is 4.79 Å². The summed E-state index contributed by atoms with van der Waals surface area (Å²) < 4.78 is 1.13. The van der Waals surface area contributed by atoms with Crippen molar-refractivity contribution in [3.05, 3.63) is 55.3 Å². The summed E-state index contributed by atoms with van der Waals surface area (Å²) in [5, 5.41) is 7.84. The van der Waals surface area contributed by atoms with Gasteiger partial charge in [0.2, 0.25) is 5.91 Å². The van der Waals surface area contributed by atoms with Crippen LogP contribution in [0.2, 0.25) is 0 Å². The van der Waals surface area contributed by atoms with Crippen LogP contribution in [0.1, 0.15) is 65.1 Å². The van der Waals surface area contributed by atoms with E-state index in [0.717, 1.165) is 22.0 Å². The first-order chi connectivity index (χ1) is 13.7. The molecular weight excluding hydrogens is 499 g/mol. The predicted molar refractivity (Wildman–Crippen MR) is 124 cm³/mol. The Morgan fingerprint density at radius 3 is 2.45 bits per heavy atom. The molecule has 7 heteroatoms. The first-order valence-corrected chi connectivity index (χ1v) is 11.6. The quantitative estimate of drug-likeness (QED) is 0.398. The van der Waals surface area contributed by atoms with Gasteiger partial charge in [0.25, 0.3) is 5.91 Å². The van der Waals surface area contributed by atoms with Crippen LogP contribution in [0.3, 0.4) is 0 Å². The number of hydrogen-bond donors (Lipinski definition) is 2. The van der Waals surface area contributed by atoms with Gasteiger partial charge in [-0.1, -0.05) is 12.1 Å². The summed E-state index contributed by atoms with van der Waals surface area (Å²) in [6.45, 7) is 5.74. The van der Waals surface area contributed by atoms with Gasteiger partial charge in [-0.2, -0.15) is 0 Å². The second kappa shape index (κ2) is 8.95. The molecule has 2 atom stereocenters. The summed E-state index contributed by atoms with van der Waals surface area (Å²) in [6.07, 6.45) is 2.08. The van der Waals surface area contributed by atoms with Crippen molar-refractivity contribution in [1.82, 2.24) is 10.6 Å². The molecule has 3 rings (SSSR count). The third-order valence-corrected chi connectivity index (χ3v) is 7.14. The highest BCUT2D eigenvalue weighted by molar-refractivity contribution is 14.1. The first-order valence-electron chi connectivity index (χ1n) is 9.65. The molecule has 1 aliphatic rings. The van der Waals surface area contributed by atoms with Crippen molar-refractivity contribution in [2.45, 2.75) is 45.1 Å². The van der Waals surface area contributed by atoms with Gasteiger partial charge in [-0.05, 0) is 85.9 Å². The van der Waals surface area contributed by atoms with Crippen molar-refractivity contribution in [3.63, 3.8) is 0 Å². The highest BCUT2D eigenvalue weighted by Crippen LogP contribution is 2.39. The van der Waals surface area contributed by atoms with Crippen LogP contribution in [0.5, 0.6) is 0 Å². The van der Waals surface area contributed by atoms with Gasteiger partial charge in [0.05, 0.1) is 16.3 Å². The fourth-order valence-corrected chi connectivity index (χ4v) is 4.52. The molecule has 2 aromatic rings. The van der Waals surface area contributed by atoms with E-state index in [0.29, 0.717) is 22.9 Å². The van der Waals surface area contributed by atoms with E-state index < -0.39 is 5.54 Å². The molecule has 0 spiro atoms. The van der Waals surface area contributed by atoms with Crippen LogP contribution < -0.4 is 10.6 Å². The number of halogens is 1. The summed E-state index contributed by atoms with van der Waals surface area (Å²) in [5.41, 5.74) is 1.02. The molecule has 29 heavy (non-hydrogen) atoms. The number of Topliss-reactive ketones (excluding diaryl/α,β-unsaturated/α-hetero) is 1. The van der Waals surface area contributed by atoms with E-state index in [-0.39, 0.29) is 23.5 Å². The summed E-state index contributed by atoms with van der Waals surface area (Å²) in [5.74, 6) is -0.220. The standard InChI is InChI=1S/C22H25IN2O3S/c1-13(15-4-8-18(23)9-5-15)20(27)25-22(3,17-6-7-17)12-24-21(28)19-10-16(11-29-19)14(2)26/h4-5,8-11,13,17H,6-7,12H2,1-3H3,(H,24,28)(H,25,27). The minimum Gasteiger partial charge on any atom is -0.349 e. The molecular formula is C22H25IN2O3S. The summed E-state index contributed by atoms with van der Waals surface area (Å²) in [4.78, 5) is 37.4. The fourth-order valence-electron chi connectivity index (χ4n) is 3.29. The summed E-state index contributed by atoms with van der Waals surface area (Å²) in [6, 6.07) is 9.57. The largest absolute Gasteiger partial charge is 0.349 e. The minimum atomic E-state index is -0.495.